The van der Waals surface area contributed by atoms with E-state index >= 15 is 0 Å². The minimum Gasteiger partial charge on any atom is -0.493 e. The van der Waals surface area contributed by atoms with Gasteiger partial charge in [-0.25, -0.2) is 4.79 Å². The molecule has 1 aromatic carbocycles. The number of benzene rings is 1. The maximum absolute atomic E-state index is 12.7. The summed E-state index contributed by atoms with van der Waals surface area (Å²) in [6.07, 6.45) is 2.54. The van der Waals surface area contributed by atoms with Crippen molar-refractivity contribution in [1.82, 2.24) is 4.90 Å². The van der Waals surface area contributed by atoms with Crippen LogP contribution in [0.1, 0.15) is 17.4 Å². The summed E-state index contributed by atoms with van der Waals surface area (Å²) in [5.41, 5.74) is 0.592. The number of nitrogens with one attached hydrogen (secondary N) is 1. The van der Waals surface area contributed by atoms with Crippen LogP contribution in [0.4, 0.5) is 10.5 Å². The van der Waals surface area contributed by atoms with Crippen molar-refractivity contribution in [2.24, 2.45) is 0 Å². The molecule has 0 aliphatic carbocycles. The van der Waals surface area contributed by atoms with Crippen LogP contribution in [0.2, 0.25) is 0 Å². The topological polar surface area (TPSA) is 73.2 Å². The molecule has 1 aliphatic rings. The molecule has 8 heteroatoms. The molecule has 1 aromatic heterocycles. The monoisotopic (exact) mass is 392 g/mol. The van der Waals surface area contributed by atoms with E-state index in [0.717, 1.165) is 17.9 Å². The Morgan fingerprint density at radius 3 is 2.52 bits per heavy atom. The van der Waals surface area contributed by atoms with Gasteiger partial charge in [0.2, 0.25) is 5.75 Å². The molecule has 1 unspecified atom stereocenters. The van der Waals surface area contributed by atoms with Crippen LogP contribution in [-0.4, -0.2) is 51.1 Å². The summed E-state index contributed by atoms with van der Waals surface area (Å²) in [5.74, 6) is 3.30. The fraction of sp³-hybridized carbons (Fsp3) is 0.421. The van der Waals surface area contributed by atoms with Crippen molar-refractivity contribution in [3.8, 4) is 17.2 Å². The second-order valence-electron chi connectivity index (χ2n) is 5.99. The van der Waals surface area contributed by atoms with Gasteiger partial charge in [-0.15, -0.1) is 11.8 Å². The Morgan fingerprint density at radius 2 is 1.93 bits per heavy atom. The Labute approximate surface area is 162 Å². The molecule has 2 amide bonds. The maximum atomic E-state index is 12.7. The van der Waals surface area contributed by atoms with Crippen LogP contribution < -0.4 is 19.5 Å². The number of anilines is 1. The lowest BCUT2D eigenvalue weighted by Crippen LogP contribution is -2.36. The van der Waals surface area contributed by atoms with Crippen LogP contribution in [0.3, 0.4) is 0 Å². The van der Waals surface area contributed by atoms with Crippen LogP contribution in [0, 0.1) is 0 Å². The standard InChI is InChI=1S/C19H24N2O5S/c1-23-15-11-13(12-16(24-2)18(15)25-3)20-19(22)21-7-6-17(27-10-8-21)14-5-4-9-26-14/h4-5,9,11-12,17H,6-8,10H2,1-3H3,(H,20,22). The number of thioether (sulfide) groups is 1. The Bertz CT molecular complexity index is 740. The summed E-state index contributed by atoms with van der Waals surface area (Å²) < 4.78 is 21.5. The van der Waals surface area contributed by atoms with E-state index in [1.165, 1.54) is 0 Å². The molecule has 1 saturated heterocycles. The van der Waals surface area contributed by atoms with Gasteiger partial charge >= 0.3 is 6.03 Å². The molecular weight excluding hydrogens is 368 g/mol. The smallest absolute Gasteiger partial charge is 0.321 e. The number of nitrogens with zero attached hydrogens (tertiary/aromatic N) is 1. The number of hydrogen-bond acceptors (Lipinski definition) is 6. The first kappa shape index (κ1) is 19.3. The Hall–Kier alpha value is -2.48. The van der Waals surface area contributed by atoms with Crippen molar-refractivity contribution in [1.29, 1.82) is 0 Å². The summed E-state index contributed by atoms with van der Waals surface area (Å²) in [6.45, 7) is 1.34. The van der Waals surface area contributed by atoms with Crippen molar-refractivity contribution >= 4 is 23.5 Å². The first-order valence-electron chi connectivity index (χ1n) is 8.67. The SMILES string of the molecule is COc1cc(NC(=O)N2CCSC(c3ccco3)CC2)cc(OC)c1OC. The number of carbonyl (C=O) groups excluding carboxylic acids is 1. The molecule has 7 nitrogen and oxygen atoms in total. The van der Waals surface area contributed by atoms with Crippen LogP contribution in [-0.2, 0) is 0 Å². The molecule has 146 valence electrons. The van der Waals surface area contributed by atoms with Gasteiger partial charge in [0.25, 0.3) is 0 Å². The minimum absolute atomic E-state index is 0.148. The highest BCUT2D eigenvalue weighted by molar-refractivity contribution is 7.99. The molecule has 0 radical (unpaired) electrons. The molecule has 1 fully saturated rings. The lowest BCUT2D eigenvalue weighted by atomic mass is 10.2. The average Bonchev–Trinajstić information content (AvgIpc) is 3.11. The van der Waals surface area contributed by atoms with E-state index in [9.17, 15) is 4.79 Å². The molecular formula is C19H24N2O5S. The van der Waals surface area contributed by atoms with Gasteiger partial charge in [-0.2, -0.15) is 0 Å². The second-order valence-corrected chi connectivity index (χ2v) is 7.31. The molecule has 0 bridgehead atoms. The fourth-order valence-electron chi connectivity index (χ4n) is 3.03. The van der Waals surface area contributed by atoms with Crippen molar-refractivity contribution < 1.29 is 23.4 Å². The van der Waals surface area contributed by atoms with Crippen molar-refractivity contribution in [3.05, 3.63) is 36.3 Å². The van der Waals surface area contributed by atoms with Gasteiger partial charge in [0, 0.05) is 31.0 Å². The van der Waals surface area contributed by atoms with Gasteiger partial charge in [-0.05, 0) is 18.6 Å². The third-order valence-electron chi connectivity index (χ3n) is 4.41. The maximum Gasteiger partial charge on any atom is 0.321 e. The lowest BCUT2D eigenvalue weighted by molar-refractivity contribution is 0.214. The molecule has 1 atom stereocenters. The predicted octanol–water partition coefficient (Wildman–Crippen LogP) is 4.02. The van der Waals surface area contributed by atoms with Crippen molar-refractivity contribution in [2.45, 2.75) is 11.7 Å². The zero-order valence-corrected chi connectivity index (χ0v) is 16.5. The fourth-order valence-corrected chi connectivity index (χ4v) is 4.21. The number of rotatable bonds is 5. The van der Waals surface area contributed by atoms with Crippen LogP contribution in [0.5, 0.6) is 17.2 Å². The number of amides is 2. The summed E-state index contributed by atoms with van der Waals surface area (Å²) >= 11 is 1.81. The van der Waals surface area contributed by atoms with E-state index in [4.69, 9.17) is 18.6 Å². The van der Waals surface area contributed by atoms with E-state index in [1.807, 2.05) is 28.8 Å². The molecule has 0 spiro atoms. The van der Waals surface area contributed by atoms with E-state index in [1.54, 1.807) is 39.7 Å². The van der Waals surface area contributed by atoms with E-state index in [-0.39, 0.29) is 11.3 Å². The van der Waals surface area contributed by atoms with E-state index in [2.05, 4.69) is 5.32 Å². The van der Waals surface area contributed by atoms with Crippen LogP contribution >= 0.6 is 11.8 Å². The van der Waals surface area contributed by atoms with E-state index in [0.29, 0.717) is 36.0 Å². The number of carbonyl (C=O) groups is 1. The van der Waals surface area contributed by atoms with Crippen LogP contribution in [0.25, 0.3) is 0 Å². The third-order valence-corrected chi connectivity index (χ3v) is 5.69. The van der Waals surface area contributed by atoms with Crippen molar-refractivity contribution in [3.63, 3.8) is 0 Å². The number of methoxy groups -OCH3 is 3. The Balaban J connectivity index is 1.68. The van der Waals surface area contributed by atoms with Gasteiger partial charge in [-0.3, -0.25) is 0 Å². The number of hydrogen-bond donors (Lipinski definition) is 1. The largest absolute Gasteiger partial charge is 0.493 e. The highest BCUT2D eigenvalue weighted by atomic mass is 32.2. The highest BCUT2D eigenvalue weighted by Crippen LogP contribution is 2.40. The first-order valence-corrected chi connectivity index (χ1v) is 9.72. The number of ether oxygens (including phenoxy) is 3. The minimum atomic E-state index is -0.148. The summed E-state index contributed by atoms with van der Waals surface area (Å²) in [4.78, 5) is 14.6. The number of urea groups is 1. The lowest BCUT2D eigenvalue weighted by Gasteiger charge is -2.21. The molecule has 0 saturated carbocycles. The molecule has 27 heavy (non-hydrogen) atoms. The summed E-state index contributed by atoms with van der Waals surface area (Å²) in [6, 6.07) is 7.18. The molecule has 3 rings (SSSR count). The zero-order chi connectivity index (χ0) is 19.2. The summed E-state index contributed by atoms with van der Waals surface area (Å²) in [7, 11) is 4.64. The van der Waals surface area contributed by atoms with Gasteiger partial charge in [0.05, 0.1) is 38.5 Å². The quantitative estimate of drug-likeness (QED) is 0.829. The molecule has 2 heterocycles. The third kappa shape index (κ3) is 4.44. The normalized spacial score (nSPS) is 17.1. The second kappa shape index (κ2) is 8.94. The average molecular weight is 392 g/mol. The molecule has 1 N–H and O–H groups in total. The van der Waals surface area contributed by atoms with Gasteiger partial charge in [0.15, 0.2) is 11.5 Å². The Morgan fingerprint density at radius 1 is 1.19 bits per heavy atom. The van der Waals surface area contributed by atoms with Gasteiger partial charge in [0.1, 0.15) is 5.76 Å². The Kier molecular flexibility index (Phi) is 6.39. The molecule has 2 aromatic rings. The highest BCUT2D eigenvalue weighted by Gasteiger charge is 2.24. The zero-order valence-electron chi connectivity index (χ0n) is 15.7. The van der Waals surface area contributed by atoms with Crippen molar-refractivity contribution in [2.75, 3.05) is 45.5 Å². The number of furan rings is 1. The van der Waals surface area contributed by atoms with Crippen LogP contribution in [0.15, 0.2) is 34.9 Å². The van der Waals surface area contributed by atoms with Gasteiger partial charge < -0.3 is 28.8 Å². The molecule has 1 aliphatic heterocycles. The predicted molar refractivity (Wildman–Crippen MR) is 105 cm³/mol. The summed E-state index contributed by atoms with van der Waals surface area (Å²) in [5, 5.41) is 3.21. The first-order chi connectivity index (χ1) is 13.2. The van der Waals surface area contributed by atoms with E-state index < -0.39 is 0 Å². The van der Waals surface area contributed by atoms with Gasteiger partial charge in [-0.1, -0.05) is 0 Å².